The van der Waals surface area contributed by atoms with Crippen LogP contribution >= 0.6 is 11.6 Å². The van der Waals surface area contributed by atoms with Crippen molar-refractivity contribution in [1.29, 1.82) is 0 Å². The monoisotopic (exact) mass is 395 g/mol. The molecule has 2 rings (SSSR count). The topological polar surface area (TPSA) is 47.6 Å². The van der Waals surface area contributed by atoms with Crippen molar-refractivity contribution < 1.29 is 18.7 Å². The molecule has 1 N–H and O–H groups in total. The second-order valence-electron chi connectivity index (χ2n) is 6.29. The van der Waals surface area contributed by atoms with Gasteiger partial charge in [-0.25, -0.2) is 4.39 Å². The lowest BCUT2D eigenvalue weighted by molar-refractivity contribution is 0.0468. The van der Waals surface area contributed by atoms with Crippen LogP contribution in [-0.2, 0) is 9.47 Å². The molecule has 1 amide bonds. The third kappa shape index (κ3) is 8.24. The van der Waals surface area contributed by atoms with Crippen molar-refractivity contribution in [3.8, 4) is 0 Å². The van der Waals surface area contributed by atoms with E-state index in [1.54, 1.807) is 24.3 Å². The Labute approximate surface area is 165 Å². The van der Waals surface area contributed by atoms with Crippen LogP contribution in [0.2, 0.25) is 0 Å². The standard InChI is InChI=1S/C21H27ClFNO3/c22-9-3-1-2-4-11-26-13-14-27-12-10-24-21(25)19-6-5-18-16-20(23)8-7-17(18)15-19/h5-8,15-16H,1-4,9-14H2,(H,24,25). The maximum Gasteiger partial charge on any atom is 0.251 e. The maximum absolute atomic E-state index is 13.2. The van der Waals surface area contributed by atoms with E-state index in [1.807, 2.05) is 0 Å². The van der Waals surface area contributed by atoms with Gasteiger partial charge in [0, 0.05) is 24.6 Å². The van der Waals surface area contributed by atoms with Gasteiger partial charge in [-0.05, 0) is 47.9 Å². The number of alkyl halides is 1. The summed E-state index contributed by atoms with van der Waals surface area (Å²) in [7, 11) is 0. The van der Waals surface area contributed by atoms with Crippen molar-refractivity contribution in [2.45, 2.75) is 25.7 Å². The number of amides is 1. The van der Waals surface area contributed by atoms with Gasteiger partial charge in [-0.2, -0.15) is 0 Å². The van der Waals surface area contributed by atoms with Gasteiger partial charge >= 0.3 is 0 Å². The zero-order valence-electron chi connectivity index (χ0n) is 15.5. The van der Waals surface area contributed by atoms with E-state index >= 15 is 0 Å². The number of carbonyl (C=O) groups is 1. The minimum atomic E-state index is -0.285. The summed E-state index contributed by atoms with van der Waals surface area (Å²) in [6, 6.07) is 9.71. The summed E-state index contributed by atoms with van der Waals surface area (Å²) in [5, 5.41) is 4.42. The smallest absolute Gasteiger partial charge is 0.251 e. The summed E-state index contributed by atoms with van der Waals surface area (Å²) in [5.41, 5.74) is 0.548. The highest BCUT2D eigenvalue weighted by Crippen LogP contribution is 2.17. The van der Waals surface area contributed by atoms with Gasteiger partial charge in [-0.3, -0.25) is 4.79 Å². The largest absolute Gasteiger partial charge is 0.379 e. The van der Waals surface area contributed by atoms with Crippen LogP contribution in [0.3, 0.4) is 0 Å². The van der Waals surface area contributed by atoms with E-state index < -0.39 is 0 Å². The van der Waals surface area contributed by atoms with Crippen LogP contribution in [-0.4, -0.2) is 44.8 Å². The Kier molecular flexibility index (Phi) is 10.1. The average molecular weight is 396 g/mol. The number of unbranched alkanes of at least 4 members (excludes halogenated alkanes) is 3. The zero-order valence-corrected chi connectivity index (χ0v) is 16.3. The predicted molar refractivity (Wildman–Crippen MR) is 107 cm³/mol. The number of rotatable bonds is 13. The molecule has 0 heterocycles. The Hall–Kier alpha value is -1.69. The minimum absolute atomic E-state index is 0.168. The summed E-state index contributed by atoms with van der Waals surface area (Å²) in [5.74, 6) is 0.275. The van der Waals surface area contributed by atoms with Crippen LogP contribution in [0, 0.1) is 5.82 Å². The quantitative estimate of drug-likeness (QED) is 0.400. The number of carbonyl (C=O) groups excluding carboxylic acids is 1. The molecule has 0 saturated carbocycles. The van der Waals surface area contributed by atoms with Gasteiger partial charge in [0.15, 0.2) is 0 Å². The number of hydrogen-bond acceptors (Lipinski definition) is 3. The van der Waals surface area contributed by atoms with E-state index in [4.69, 9.17) is 21.1 Å². The number of halogens is 2. The first-order chi connectivity index (χ1) is 13.2. The zero-order chi connectivity index (χ0) is 19.3. The molecule has 0 aliphatic heterocycles. The van der Waals surface area contributed by atoms with Crippen molar-refractivity contribution in [1.82, 2.24) is 5.32 Å². The number of benzene rings is 2. The van der Waals surface area contributed by atoms with Gasteiger partial charge in [-0.1, -0.05) is 25.0 Å². The summed E-state index contributed by atoms with van der Waals surface area (Å²) >= 11 is 5.62. The second kappa shape index (κ2) is 12.7. The molecule has 0 saturated heterocycles. The molecule has 6 heteroatoms. The molecule has 0 fully saturated rings. The third-order valence-electron chi connectivity index (χ3n) is 4.14. The van der Waals surface area contributed by atoms with Crippen LogP contribution in [0.1, 0.15) is 36.0 Å². The number of ether oxygens (including phenoxy) is 2. The SMILES string of the molecule is O=C(NCCOCCOCCCCCCCl)c1ccc2cc(F)ccc2c1. The van der Waals surface area contributed by atoms with Crippen molar-refractivity contribution in [3.05, 3.63) is 47.8 Å². The molecule has 0 spiro atoms. The molecule has 27 heavy (non-hydrogen) atoms. The molecule has 0 radical (unpaired) electrons. The molecular formula is C21H27ClFNO3. The van der Waals surface area contributed by atoms with Crippen molar-refractivity contribution in [2.75, 3.05) is 38.9 Å². The second-order valence-corrected chi connectivity index (χ2v) is 6.67. The molecule has 0 bridgehead atoms. The lowest BCUT2D eigenvalue weighted by Gasteiger charge is -2.08. The first-order valence-corrected chi connectivity index (χ1v) is 9.93. The summed E-state index contributed by atoms with van der Waals surface area (Å²) in [4.78, 5) is 12.2. The molecule has 0 aliphatic carbocycles. The Morgan fingerprint density at radius 2 is 1.59 bits per heavy atom. The Morgan fingerprint density at radius 3 is 2.41 bits per heavy atom. The van der Waals surface area contributed by atoms with Crippen LogP contribution in [0.5, 0.6) is 0 Å². The highest BCUT2D eigenvalue weighted by Gasteiger charge is 2.06. The molecule has 0 aliphatic rings. The molecule has 0 aromatic heterocycles. The molecule has 0 atom stereocenters. The van der Waals surface area contributed by atoms with Gasteiger partial charge in [0.05, 0.1) is 19.8 Å². The lowest BCUT2D eigenvalue weighted by Crippen LogP contribution is -2.27. The molecule has 148 valence electrons. The van der Waals surface area contributed by atoms with E-state index in [-0.39, 0.29) is 11.7 Å². The molecule has 0 unspecified atom stereocenters. The minimum Gasteiger partial charge on any atom is -0.379 e. The highest BCUT2D eigenvalue weighted by molar-refractivity contribution is 6.17. The van der Waals surface area contributed by atoms with Crippen molar-refractivity contribution in [3.63, 3.8) is 0 Å². The molecule has 4 nitrogen and oxygen atoms in total. The van der Waals surface area contributed by atoms with Crippen LogP contribution < -0.4 is 5.32 Å². The van der Waals surface area contributed by atoms with E-state index in [0.29, 0.717) is 31.9 Å². The van der Waals surface area contributed by atoms with E-state index in [1.165, 1.54) is 12.1 Å². The van der Waals surface area contributed by atoms with Gasteiger partial charge < -0.3 is 14.8 Å². The molecule has 2 aromatic rings. The summed E-state index contributed by atoms with van der Waals surface area (Å²) in [6.45, 7) is 2.68. The number of hydrogen-bond donors (Lipinski definition) is 1. The van der Waals surface area contributed by atoms with E-state index in [2.05, 4.69) is 5.32 Å². The Morgan fingerprint density at radius 1 is 0.889 bits per heavy atom. The lowest BCUT2D eigenvalue weighted by atomic mass is 10.1. The normalized spacial score (nSPS) is 11.0. The number of fused-ring (bicyclic) bond motifs is 1. The fourth-order valence-electron chi connectivity index (χ4n) is 2.67. The van der Waals surface area contributed by atoms with Gasteiger partial charge in [0.2, 0.25) is 0 Å². The fourth-order valence-corrected chi connectivity index (χ4v) is 2.86. The van der Waals surface area contributed by atoms with E-state index in [9.17, 15) is 9.18 Å². The Bertz CT molecular complexity index is 711. The highest BCUT2D eigenvalue weighted by atomic mass is 35.5. The van der Waals surface area contributed by atoms with Crippen LogP contribution in [0.25, 0.3) is 10.8 Å². The summed E-state index contributed by atoms with van der Waals surface area (Å²) < 4.78 is 24.1. The first kappa shape index (κ1) is 21.6. The van der Waals surface area contributed by atoms with Gasteiger partial charge in [0.25, 0.3) is 5.91 Å². The predicted octanol–water partition coefficient (Wildman–Crippen LogP) is 4.54. The van der Waals surface area contributed by atoms with Gasteiger partial charge in [0.1, 0.15) is 5.82 Å². The van der Waals surface area contributed by atoms with Crippen LogP contribution in [0.4, 0.5) is 4.39 Å². The molecular weight excluding hydrogens is 369 g/mol. The fraction of sp³-hybridized carbons (Fsp3) is 0.476. The van der Waals surface area contributed by atoms with Crippen LogP contribution in [0.15, 0.2) is 36.4 Å². The summed E-state index contributed by atoms with van der Waals surface area (Å²) in [6.07, 6.45) is 4.40. The first-order valence-electron chi connectivity index (χ1n) is 9.39. The Balaban J connectivity index is 1.54. The van der Waals surface area contributed by atoms with Gasteiger partial charge in [-0.15, -0.1) is 11.6 Å². The van der Waals surface area contributed by atoms with Crippen molar-refractivity contribution in [2.24, 2.45) is 0 Å². The molecule has 2 aromatic carbocycles. The van der Waals surface area contributed by atoms with E-state index in [0.717, 1.165) is 48.9 Å². The number of nitrogens with one attached hydrogen (secondary N) is 1. The maximum atomic E-state index is 13.2. The average Bonchev–Trinajstić information content (AvgIpc) is 2.68. The van der Waals surface area contributed by atoms with Crippen molar-refractivity contribution >= 4 is 28.3 Å². The third-order valence-corrected chi connectivity index (χ3v) is 4.41.